The normalized spacial score (nSPS) is 11.0. The van der Waals surface area contributed by atoms with Crippen LogP contribution in [0.3, 0.4) is 0 Å². The van der Waals surface area contributed by atoms with E-state index in [1.54, 1.807) is 35.7 Å². The van der Waals surface area contributed by atoms with Gasteiger partial charge in [-0.15, -0.1) is 24.5 Å². The number of carbonyl (C=O) groups excluding carboxylic acids is 2. The molecule has 3 rings (SSSR count). The Labute approximate surface area is 167 Å². The fourth-order valence-corrected chi connectivity index (χ4v) is 3.05. The molecule has 0 unspecified atom stereocenters. The summed E-state index contributed by atoms with van der Waals surface area (Å²) in [5.41, 5.74) is 0.719. The number of amides is 2. The van der Waals surface area contributed by atoms with E-state index < -0.39 is 18.0 Å². The molecule has 0 fully saturated rings. The first kappa shape index (κ1) is 20.3. The van der Waals surface area contributed by atoms with Gasteiger partial charge in [0.25, 0.3) is 5.91 Å². The van der Waals surface area contributed by atoms with Gasteiger partial charge in [0.2, 0.25) is 5.91 Å². The van der Waals surface area contributed by atoms with Crippen molar-refractivity contribution in [3.63, 3.8) is 0 Å². The van der Waals surface area contributed by atoms with Crippen molar-refractivity contribution in [2.24, 2.45) is 0 Å². The van der Waals surface area contributed by atoms with Gasteiger partial charge in [0.15, 0.2) is 10.9 Å². The standard InChI is InChI=1S/C19H14F3N3O3S/c20-19(21,22)28-15-9-5-4-8-14(15)24-16(26)10-13-11-29-18(23-13)25-17(27)12-6-2-1-3-7-12/h1-9,11H,10H2,(H,24,26)(H,23,25,27). The minimum Gasteiger partial charge on any atom is -0.404 e. The molecule has 0 aliphatic rings. The van der Waals surface area contributed by atoms with Gasteiger partial charge in [0.1, 0.15) is 0 Å². The molecule has 1 heterocycles. The van der Waals surface area contributed by atoms with Crippen LogP contribution in [0.5, 0.6) is 5.75 Å². The molecule has 2 amide bonds. The van der Waals surface area contributed by atoms with Crippen molar-refractivity contribution in [2.75, 3.05) is 10.6 Å². The number of thiazole rings is 1. The number of para-hydroxylation sites is 2. The van der Waals surface area contributed by atoms with Crippen molar-refractivity contribution in [2.45, 2.75) is 12.8 Å². The highest BCUT2D eigenvalue weighted by Crippen LogP contribution is 2.30. The van der Waals surface area contributed by atoms with Crippen LogP contribution in [0.4, 0.5) is 24.0 Å². The minimum atomic E-state index is -4.87. The lowest BCUT2D eigenvalue weighted by molar-refractivity contribution is -0.274. The van der Waals surface area contributed by atoms with Crippen LogP contribution in [-0.4, -0.2) is 23.2 Å². The number of rotatable bonds is 6. The Morgan fingerprint density at radius 1 is 1.00 bits per heavy atom. The summed E-state index contributed by atoms with van der Waals surface area (Å²) in [7, 11) is 0. The first-order chi connectivity index (χ1) is 13.8. The third-order valence-electron chi connectivity index (χ3n) is 3.54. The molecule has 2 aromatic carbocycles. The van der Waals surface area contributed by atoms with E-state index in [1.165, 1.54) is 18.2 Å². The number of halogens is 3. The molecular weight excluding hydrogens is 407 g/mol. The van der Waals surface area contributed by atoms with Crippen LogP contribution in [0.15, 0.2) is 60.0 Å². The average Bonchev–Trinajstić information content (AvgIpc) is 3.09. The summed E-state index contributed by atoms with van der Waals surface area (Å²) in [6.45, 7) is 0. The summed E-state index contributed by atoms with van der Waals surface area (Å²) < 4.78 is 41.3. The van der Waals surface area contributed by atoms with E-state index >= 15 is 0 Å². The summed E-state index contributed by atoms with van der Waals surface area (Å²) in [4.78, 5) is 28.4. The molecule has 2 N–H and O–H groups in total. The fourth-order valence-electron chi connectivity index (χ4n) is 2.35. The highest BCUT2D eigenvalue weighted by molar-refractivity contribution is 7.14. The molecule has 0 bridgehead atoms. The zero-order chi connectivity index (χ0) is 20.9. The number of ether oxygens (including phenoxy) is 1. The van der Waals surface area contributed by atoms with E-state index in [2.05, 4.69) is 20.4 Å². The maximum atomic E-state index is 12.5. The van der Waals surface area contributed by atoms with Crippen LogP contribution in [0.1, 0.15) is 16.1 Å². The summed E-state index contributed by atoms with van der Waals surface area (Å²) in [6, 6.07) is 13.8. The quantitative estimate of drug-likeness (QED) is 0.615. The van der Waals surface area contributed by atoms with Crippen LogP contribution in [0, 0.1) is 0 Å². The number of alkyl halides is 3. The predicted molar refractivity (Wildman–Crippen MR) is 102 cm³/mol. The van der Waals surface area contributed by atoms with Crippen molar-refractivity contribution in [1.29, 1.82) is 0 Å². The lowest BCUT2D eigenvalue weighted by atomic mass is 10.2. The van der Waals surface area contributed by atoms with E-state index in [-0.39, 0.29) is 18.0 Å². The van der Waals surface area contributed by atoms with Gasteiger partial charge >= 0.3 is 6.36 Å². The maximum absolute atomic E-state index is 12.5. The second-order valence-electron chi connectivity index (χ2n) is 5.73. The molecule has 6 nitrogen and oxygen atoms in total. The van der Waals surface area contributed by atoms with Crippen molar-refractivity contribution < 1.29 is 27.5 Å². The Morgan fingerprint density at radius 3 is 2.41 bits per heavy atom. The van der Waals surface area contributed by atoms with Gasteiger partial charge in [-0.05, 0) is 24.3 Å². The van der Waals surface area contributed by atoms with Crippen molar-refractivity contribution in [3.8, 4) is 5.75 Å². The first-order valence-electron chi connectivity index (χ1n) is 8.25. The third-order valence-corrected chi connectivity index (χ3v) is 4.34. The number of carbonyl (C=O) groups is 2. The number of anilines is 2. The number of hydrogen-bond donors (Lipinski definition) is 2. The van der Waals surface area contributed by atoms with E-state index in [1.807, 2.05) is 0 Å². The molecule has 0 saturated heterocycles. The lowest BCUT2D eigenvalue weighted by Crippen LogP contribution is -2.20. The Morgan fingerprint density at radius 2 is 1.69 bits per heavy atom. The fraction of sp³-hybridized carbons (Fsp3) is 0.105. The number of nitrogens with zero attached hydrogens (tertiary/aromatic N) is 1. The van der Waals surface area contributed by atoms with E-state index in [9.17, 15) is 22.8 Å². The maximum Gasteiger partial charge on any atom is 0.573 e. The third kappa shape index (κ3) is 6.04. The van der Waals surface area contributed by atoms with Gasteiger partial charge in [-0.1, -0.05) is 30.3 Å². The smallest absolute Gasteiger partial charge is 0.404 e. The van der Waals surface area contributed by atoms with Crippen LogP contribution in [0.2, 0.25) is 0 Å². The summed E-state index contributed by atoms with van der Waals surface area (Å²) in [6.07, 6.45) is -5.06. The molecule has 1 aromatic heterocycles. The molecule has 0 saturated carbocycles. The van der Waals surface area contributed by atoms with Crippen LogP contribution >= 0.6 is 11.3 Å². The largest absolute Gasteiger partial charge is 0.573 e. The number of aromatic nitrogens is 1. The second-order valence-corrected chi connectivity index (χ2v) is 6.59. The van der Waals surface area contributed by atoms with Gasteiger partial charge in [-0.25, -0.2) is 4.98 Å². The first-order valence-corrected chi connectivity index (χ1v) is 9.13. The van der Waals surface area contributed by atoms with E-state index in [0.717, 1.165) is 17.4 Å². The summed E-state index contributed by atoms with van der Waals surface area (Å²) >= 11 is 1.14. The number of nitrogens with one attached hydrogen (secondary N) is 2. The molecule has 0 aliphatic carbocycles. The Balaban J connectivity index is 1.60. The van der Waals surface area contributed by atoms with Crippen LogP contribution < -0.4 is 15.4 Å². The van der Waals surface area contributed by atoms with Gasteiger partial charge in [-0.3, -0.25) is 14.9 Å². The van der Waals surface area contributed by atoms with Gasteiger partial charge in [0, 0.05) is 10.9 Å². The second kappa shape index (κ2) is 8.74. The molecule has 0 aliphatic heterocycles. The van der Waals surface area contributed by atoms with Crippen LogP contribution in [0.25, 0.3) is 0 Å². The highest BCUT2D eigenvalue weighted by Gasteiger charge is 2.32. The zero-order valence-electron chi connectivity index (χ0n) is 14.7. The summed E-state index contributed by atoms with van der Waals surface area (Å²) in [5.74, 6) is -1.42. The SMILES string of the molecule is O=C(Cc1csc(NC(=O)c2ccccc2)n1)Nc1ccccc1OC(F)(F)F. The Hall–Kier alpha value is -3.40. The molecule has 3 aromatic rings. The van der Waals surface area contributed by atoms with E-state index in [4.69, 9.17) is 0 Å². The van der Waals surface area contributed by atoms with Gasteiger partial charge < -0.3 is 10.1 Å². The molecule has 0 spiro atoms. The van der Waals surface area contributed by atoms with Gasteiger partial charge in [0.05, 0.1) is 17.8 Å². The Bertz CT molecular complexity index is 1010. The monoisotopic (exact) mass is 421 g/mol. The predicted octanol–water partition coefficient (Wildman–Crippen LogP) is 4.48. The van der Waals surface area contributed by atoms with E-state index in [0.29, 0.717) is 16.4 Å². The number of hydrogen-bond acceptors (Lipinski definition) is 5. The molecule has 150 valence electrons. The molecular formula is C19H14F3N3O3S. The summed E-state index contributed by atoms with van der Waals surface area (Å²) in [5, 5.41) is 6.89. The molecule has 10 heteroatoms. The molecule has 0 atom stereocenters. The van der Waals surface area contributed by atoms with Crippen LogP contribution in [-0.2, 0) is 11.2 Å². The average molecular weight is 421 g/mol. The molecule has 29 heavy (non-hydrogen) atoms. The number of benzene rings is 2. The van der Waals surface area contributed by atoms with Gasteiger partial charge in [-0.2, -0.15) is 0 Å². The van der Waals surface area contributed by atoms with Crippen molar-refractivity contribution in [3.05, 3.63) is 71.2 Å². The highest BCUT2D eigenvalue weighted by atomic mass is 32.1. The van der Waals surface area contributed by atoms with Crippen molar-refractivity contribution >= 4 is 34.0 Å². The lowest BCUT2D eigenvalue weighted by Gasteiger charge is -2.13. The Kier molecular flexibility index (Phi) is 6.13. The molecule has 0 radical (unpaired) electrons. The minimum absolute atomic E-state index is 0.109. The topological polar surface area (TPSA) is 80.3 Å². The van der Waals surface area contributed by atoms with Crippen molar-refractivity contribution in [1.82, 2.24) is 4.98 Å². The zero-order valence-corrected chi connectivity index (χ0v) is 15.5.